The van der Waals surface area contributed by atoms with Crippen LogP contribution in [0.2, 0.25) is 0 Å². The van der Waals surface area contributed by atoms with E-state index >= 15 is 0 Å². The van der Waals surface area contributed by atoms with Crippen molar-refractivity contribution in [3.63, 3.8) is 0 Å². The summed E-state index contributed by atoms with van der Waals surface area (Å²) in [5.41, 5.74) is 4.85. The molecule has 1 aromatic carbocycles. The van der Waals surface area contributed by atoms with Gasteiger partial charge < -0.3 is 5.32 Å². The SMILES string of the molecule is CCn1cc(CNC(=O)c2cc(-c3cccnc3)nc3ccc(Br)cc23)c(C)n1. The minimum atomic E-state index is -0.149. The van der Waals surface area contributed by atoms with Crippen molar-refractivity contribution >= 4 is 32.7 Å². The molecule has 0 bridgehead atoms. The largest absolute Gasteiger partial charge is 0.348 e. The van der Waals surface area contributed by atoms with Gasteiger partial charge in [0.1, 0.15) is 0 Å². The molecule has 0 saturated heterocycles. The van der Waals surface area contributed by atoms with Crippen molar-refractivity contribution in [1.29, 1.82) is 0 Å². The van der Waals surface area contributed by atoms with Gasteiger partial charge in [-0.3, -0.25) is 14.5 Å². The van der Waals surface area contributed by atoms with Crippen LogP contribution in [0.4, 0.5) is 0 Å². The van der Waals surface area contributed by atoms with Gasteiger partial charge in [-0.15, -0.1) is 0 Å². The summed E-state index contributed by atoms with van der Waals surface area (Å²) in [7, 11) is 0. The topological polar surface area (TPSA) is 72.7 Å². The van der Waals surface area contributed by atoms with Gasteiger partial charge in [0, 0.05) is 52.7 Å². The zero-order chi connectivity index (χ0) is 20.4. The van der Waals surface area contributed by atoms with Crippen LogP contribution in [0.3, 0.4) is 0 Å². The molecule has 29 heavy (non-hydrogen) atoms. The quantitative estimate of drug-likeness (QED) is 0.486. The zero-order valence-electron chi connectivity index (χ0n) is 16.2. The second-order valence-electron chi connectivity index (χ2n) is 6.74. The van der Waals surface area contributed by atoms with Crippen molar-refractivity contribution in [1.82, 2.24) is 25.1 Å². The summed E-state index contributed by atoms with van der Waals surface area (Å²) < 4.78 is 2.77. The number of rotatable bonds is 5. The Balaban J connectivity index is 1.71. The molecule has 0 unspecified atom stereocenters. The molecule has 146 valence electrons. The molecule has 6 nitrogen and oxygen atoms in total. The van der Waals surface area contributed by atoms with Crippen LogP contribution in [0.1, 0.15) is 28.5 Å². The number of carbonyl (C=O) groups excluding carboxylic acids is 1. The molecule has 0 aliphatic rings. The van der Waals surface area contributed by atoms with Crippen molar-refractivity contribution in [2.24, 2.45) is 0 Å². The van der Waals surface area contributed by atoms with Crippen LogP contribution in [0.25, 0.3) is 22.2 Å². The number of fused-ring (bicyclic) bond motifs is 1. The number of benzene rings is 1. The first-order valence-corrected chi connectivity index (χ1v) is 10.2. The summed E-state index contributed by atoms with van der Waals surface area (Å²) in [5.74, 6) is -0.149. The van der Waals surface area contributed by atoms with E-state index < -0.39 is 0 Å². The lowest BCUT2D eigenvalue weighted by molar-refractivity contribution is 0.0952. The third kappa shape index (κ3) is 4.05. The minimum absolute atomic E-state index is 0.149. The smallest absolute Gasteiger partial charge is 0.252 e. The van der Waals surface area contributed by atoms with Gasteiger partial charge >= 0.3 is 0 Å². The Morgan fingerprint density at radius 3 is 2.83 bits per heavy atom. The Labute approximate surface area is 177 Å². The van der Waals surface area contributed by atoms with Crippen LogP contribution in [-0.2, 0) is 13.1 Å². The van der Waals surface area contributed by atoms with Crippen LogP contribution < -0.4 is 5.32 Å². The Morgan fingerprint density at radius 1 is 1.24 bits per heavy atom. The predicted molar refractivity (Wildman–Crippen MR) is 116 cm³/mol. The molecule has 0 saturated carbocycles. The number of carbonyl (C=O) groups is 1. The van der Waals surface area contributed by atoms with Gasteiger partial charge in [-0.2, -0.15) is 5.10 Å². The number of aryl methyl sites for hydroxylation is 2. The summed E-state index contributed by atoms with van der Waals surface area (Å²) in [6.45, 7) is 5.21. The third-order valence-electron chi connectivity index (χ3n) is 4.78. The molecule has 0 fully saturated rings. The van der Waals surface area contributed by atoms with Crippen LogP contribution in [-0.4, -0.2) is 25.7 Å². The highest BCUT2D eigenvalue weighted by molar-refractivity contribution is 9.10. The fraction of sp³-hybridized carbons (Fsp3) is 0.182. The molecular formula is C22H20BrN5O. The van der Waals surface area contributed by atoms with Crippen molar-refractivity contribution < 1.29 is 4.79 Å². The van der Waals surface area contributed by atoms with Gasteiger partial charge in [0.15, 0.2) is 0 Å². The normalized spacial score (nSPS) is 11.0. The first kappa shape index (κ1) is 19.3. The lowest BCUT2D eigenvalue weighted by Crippen LogP contribution is -2.23. The number of pyridine rings is 2. The minimum Gasteiger partial charge on any atom is -0.348 e. The molecule has 3 heterocycles. The van der Waals surface area contributed by atoms with E-state index in [9.17, 15) is 4.79 Å². The second kappa shape index (κ2) is 8.13. The second-order valence-corrected chi connectivity index (χ2v) is 7.65. The fourth-order valence-corrected chi connectivity index (χ4v) is 3.57. The highest BCUT2D eigenvalue weighted by atomic mass is 79.9. The number of halogens is 1. The van der Waals surface area contributed by atoms with Crippen molar-refractivity contribution in [2.45, 2.75) is 26.9 Å². The monoisotopic (exact) mass is 449 g/mol. The highest BCUT2D eigenvalue weighted by Crippen LogP contribution is 2.27. The Kier molecular flexibility index (Phi) is 5.40. The molecule has 0 aliphatic carbocycles. The summed E-state index contributed by atoms with van der Waals surface area (Å²) >= 11 is 3.49. The summed E-state index contributed by atoms with van der Waals surface area (Å²) in [6.07, 6.45) is 5.43. The van der Waals surface area contributed by atoms with E-state index in [0.717, 1.165) is 38.7 Å². The maximum atomic E-state index is 13.1. The van der Waals surface area contributed by atoms with E-state index in [0.29, 0.717) is 17.8 Å². The fourth-order valence-electron chi connectivity index (χ4n) is 3.21. The van der Waals surface area contributed by atoms with Crippen molar-refractivity contribution in [2.75, 3.05) is 0 Å². The van der Waals surface area contributed by atoms with E-state index in [1.807, 2.05) is 61.1 Å². The van der Waals surface area contributed by atoms with Crippen LogP contribution in [0.5, 0.6) is 0 Å². The van der Waals surface area contributed by atoms with E-state index in [1.165, 1.54) is 0 Å². The van der Waals surface area contributed by atoms with Gasteiger partial charge in [0.25, 0.3) is 5.91 Å². The average Bonchev–Trinajstić information content (AvgIpc) is 3.11. The molecule has 0 atom stereocenters. The Bertz CT molecular complexity index is 1190. The van der Waals surface area contributed by atoms with Crippen molar-refractivity contribution in [3.8, 4) is 11.3 Å². The standard InChI is InChI=1S/C22H20BrN5O/c1-3-28-13-16(14(2)27-28)12-25-22(29)19-10-21(15-5-4-8-24-11-15)26-20-7-6-17(23)9-18(19)20/h4-11,13H,3,12H2,1-2H3,(H,25,29). The number of nitrogens with zero attached hydrogens (tertiary/aromatic N) is 4. The maximum absolute atomic E-state index is 13.1. The number of hydrogen-bond donors (Lipinski definition) is 1. The number of amides is 1. The summed E-state index contributed by atoms with van der Waals surface area (Å²) in [5, 5.41) is 8.27. The molecule has 1 N–H and O–H groups in total. The van der Waals surface area contributed by atoms with Gasteiger partial charge in [-0.1, -0.05) is 15.9 Å². The highest BCUT2D eigenvalue weighted by Gasteiger charge is 2.15. The van der Waals surface area contributed by atoms with E-state index in [-0.39, 0.29) is 5.91 Å². The van der Waals surface area contributed by atoms with E-state index in [4.69, 9.17) is 4.98 Å². The third-order valence-corrected chi connectivity index (χ3v) is 5.28. The number of hydrogen-bond acceptors (Lipinski definition) is 4. The molecule has 7 heteroatoms. The molecule has 0 spiro atoms. The molecule has 0 aliphatic heterocycles. The predicted octanol–water partition coefficient (Wildman–Crippen LogP) is 4.51. The van der Waals surface area contributed by atoms with Crippen LogP contribution in [0, 0.1) is 6.92 Å². The van der Waals surface area contributed by atoms with Crippen LogP contribution >= 0.6 is 15.9 Å². The number of nitrogens with one attached hydrogen (secondary N) is 1. The summed E-state index contributed by atoms with van der Waals surface area (Å²) in [4.78, 5) is 22.0. The Morgan fingerprint density at radius 2 is 2.10 bits per heavy atom. The van der Waals surface area contributed by atoms with Gasteiger partial charge in [0.05, 0.1) is 22.5 Å². The van der Waals surface area contributed by atoms with Gasteiger partial charge in [-0.05, 0) is 50.2 Å². The van der Waals surface area contributed by atoms with E-state index in [1.54, 1.807) is 12.4 Å². The number of aromatic nitrogens is 4. The lowest BCUT2D eigenvalue weighted by Gasteiger charge is -2.11. The average molecular weight is 450 g/mol. The first-order valence-electron chi connectivity index (χ1n) is 9.37. The molecule has 0 radical (unpaired) electrons. The molecule has 3 aromatic heterocycles. The molecule has 4 rings (SSSR count). The molecule has 4 aromatic rings. The Hall–Kier alpha value is -3.06. The molecular weight excluding hydrogens is 430 g/mol. The van der Waals surface area contributed by atoms with Crippen molar-refractivity contribution in [3.05, 3.63) is 76.3 Å². The van der Waals surface area contributed by atoms with Gasteiger partial charge in [-0.25, -0.2) is 4.98 Å². The van der Waals surface area contributed by atoms with E-state index in [2.05, 4.69) is 31.3 Å². The zero-order valence-corrected chi connectivity index (χ0v) is 17.8. The van der Waals surface area contributed by atoms with Crippen LogP contribution in [0.15, 0.2) is 59.5 Å². The maximum Gasteiger partial charge on any atom is 0.252 e. The van der Waals surface area contributed by atoms with Gasteiger partial charge in [0.2, 0.25) is 0 Å². The lowest BCUT2D eigenvalue weighted by atomic mass is 10.0. The summed E-state index contributed by atoms with van der Waals surface area (Å²) in [6, 6.07) is 11.4. The molecule has 1 amide bonds. The first-order chi connectivity index (χ1) is 14.0.